The number of aryl methyl sites for hydroxylation is 1. The number of nitrogens with zero attached hydrogens (tertiary/aromatic N) is 3. The Labute approximate surface area is 206 Å². The van der Waals surface area contributed by atoms with Crippen molar-refractivity contribution in [3.63, 3.8) is 0 Å². The second-order valence-corrected chi connectivity index (χ2v) is 9.92. The Morgan fingerprint density at radius 3 is 2.65 bits per heavy atom. The van der Waals surface area contributed by atoms with Crippen molar-refractivity contribution in [2.75, 3.05) is 26.2 Å². The number of aromatic nitrogens is 1. The Morgan fingerprint density at radius 2 is 1.85 bits per heavy atom. The molecule has 2 N–H and O–H groups in total. The third-order valence-electron chi connectivity index (χ3n) is 7.16. The van der Waals surface area contributed by atoms with Gasteiger partial charge in [-0.1, -0.05) is 36.9 Å². The summed E-state index contributed by atoms with van der Waals surface area (Å²) in [4.78, 5) is 28.6. The number of carbonyl (C=O) groups excluding carboxylic acids is 2. The molecule has 2 atom stereocenters. The van der Waals surface area contributed by atoms with E-state index in [0.717, 1.165) is 69.2 Å². The number of halogens is 1. The van der Waals surface area contributed by atoms with E-state index in [9.17, 15) is 9.59 Å². The van der Waals surface area contributed by atoms with E-state index in [4.69, 9.17) is 16.9 Å². The lowest BCUT2D eigenvalue weighted by Gasteiger charge is -2.31. The molecule has 1 aromatic heterocycles. The van der Waals surface area contributed by atoms with Crippen molar-refractivity contribution in [3.8, 4) is 6.07 Å². The maximum atomic E-state index is 13.5. The molecule has 34 heavy (non-hydrogen) atoms. The van der Waals surface area contributed by atoms with Crippen molar-refractivity contribution in [3.05, 3.63) is 35.0 Å². The normalized spacial score (nSPS) is 21.2. The summed E-state index contributed by atoms with van der Waals surface area (Å²) in [6.07, 6.45) is 8.21. The van der Waals surface area contributed by atoms with Crippen molar-refractivity contribution in [2.24, 2.45) is 5.92 Å². The number of fused-ring (bicyclic) bond motifs is 1. The molecule has 0 unspecified atom stereocenters. The number of hydrogen-bond acceptors (Lipinski definition) is 4. The number of piperidine rings is 1. The van der Waals surface area contributed by atoms with Crippen LogP contribution >= 0.6 is 11.6 Å². The molecule has 1 saturated carbocycles. The molecule has 2 heterocycles. The third kappa shape index (κ3) is 5.92. The summed E-state index contributed by atoms with van der Waals surface area (Å²) in [7, 11) is 0. The zero-order valence-corrected chi connectivity index (χ0v) is 20.4. The van der Waals surface area contributed by atoms with Crippen LogP contribution in [-0.4, -0.2) is 53.5 Å². The van der Waals surface area contributed by atoms with Gasteiger partial charge in [-0.3, -0.25) is 9.59 Å². The predicted octanol–water partition coefficient (Wildman–Crippen LogP) is 4.10. The van der Waals surface area contributed by atoms with E-state index in [-0.39, 0.29) is 30.3 Å². The van der Waals surface area contributed by atoms with E-state index in [1.54, 1.807) is 0 Å². The van der Waals surface area contributed by atoms with Crippen molar-refractivity contribution in [2.45, 2.75) is 64.0 Å². The van der Waals surface area contributed by atoms with Gasteiger partial charge in [0.1, 0.15) is 12.2 Å². The SMILES string of the molecule is N#CCNC(=O)[C@@H]1CCCC[C@@H]1NC(=O)c1cc2ccc(Cl)cc2n1CCCN1CCCCC1. The number of carbonyl (C=O) groups is 2. The van der Waals surface area contributed by atoms with Crippen LogP contribution in [-0.2, 0) is 11.3 Å². The van der Waals surface area contributed by atoms with Crippen LogP contribution in [0.15, 0.2) is 24.3 Å². The molecule has 0 bridgehead atoms. The highest BCUT2D eigenvalue weighted by Gasteiger charge is 2.32. The van der Waals surface area contributed by atoms with Gasteiger partial charge in [-0.15, -0.1) is 0 Å². The average Bonchev–Trinajstić information content (AvgIpc) is 3.21. The highest BCUT2D eigenvalue weighted by atomic mass is 35.5. The summed E-state index contributed by atoms with van der Waals surface area (Å²) in [6, 6.07) is 9.37. The third-order valence-corrected chi connectivity index (χ3v) is 7.40. The minimum atomic E-state index is -0.308. The quantitative estimate of drug-likeness (QED) is 0.553. The van der Waals surface area contributed by atoms with Crippen molar-refractivity contribution in [1.29, 1.82) is 5.26 Å². The lowest BCUT2D eigenvalue weighted by molar-refractivity contribution is -0.126. The van der Waals surface area contributed by atoms with Gasteiger partial charge in [0.15, 0.2) is 0 Å². The maximum Gasteiger partial charge on any atom is 0.268 e. The smallest absolute Gasteiger partial charge is 0.268 e. The van der Waals surface area contributed by atoms with E-state index < -0.39 is 0 Å². The van der Waals surface area contributed by atoms with Crippen LogP contribution in [0.4, 0.5) is 0 Å². The number of hydrogen-bond donors (Lipinski definition) is 2. The topological polar surface area (TPSA) is 90.2 Å². The standard InChI is InChI=1S/C26H34ClN5O2/c27-20-10-9-19-17-24(32(23(19)18-20)16-6-15-31-13-4-1-5-14-31)26(34)30-22-8-3-2-7-21(22)25(33)29-12-11-28/h9-10,17-18,21-22H,1-8,12-16H2,(H,29,33)(H,30,34)/t21-,22+/m1/s1. The van der Waals surface area contributed by atoms with Crippen molar-refractivity contribution < 1.29 is 9.59 Å². The minimum absolute atomic E-state index is 0.0119. The number of rotatable bonds is 8. The molecular weight excluding hydrogens is 450 g/mol. The first-order valence-electron chi connectivity index (χ1n) is 12.5. The Balaban J connectivity index is 1.51. The summed E-state index contributed by atoms with van der Waals surface area (Å²) in [5.74, 6) is -0.617. The van der Waals surface area contributed by atoms with E-state index in [1.165, 1.54) is 19.3 Å². The molecule has 2 fully saturated rings. The van der Waals surface area contributed by atoms with E-state index in [1.807, 2.05) is 30.3 Å². The van der Waals surface area contributed by atoms with Crippen LogP contribution < -0.4 is 10.6 Å². The molecule has 182 valence electrons. The summed E-state index contributed by atoms with van der Waals surface area (Å²) in [5, 5.41) is 16.3. The highest BCUT2D eigenvalue weighted by molar-refractivity contribution is 6.31. The molecule has 7 nitrogen and oxygen atoms in total. The molecule has 1 saturated heterocycles. The van der Waals surface area contributed by atoms with Crippen LogP contribution in [0.5, 0.6) is 0 Å². The van der Waals surface area contributed by atoms with Crippen molar-refractivity contribution >= 4 is 34.3 Å². The van der Waals surface area contributed by atoms with Crippen molar-refractivity contribution in [1.82, 2.24) is 20.1 Å². The lowest BCUT2D eigenvalue weighted by Crippen LogP contribution is -2.48. The number of benzene rings is 1. The van der Waals surface area contributed by atoms with Crippen LogP contribution in [0.25, 0.3) is 10.9 Å². The van der Waals surface area contributed by atoms with Gasteiger partial charge in [0.2, 0.25) is 5.91 Å². The fraction of sp³-hybridized carbons (Fsp3) is 0.577. The van der Waals surface area contributed by atoms with Gasteiger partial charge in [0.05, 0.1) is 17.5 Å². The second-order valence-electron chi connectivity index (χ2n) is 9.49. The van der Waals surface area contributed by atoms with Crippen LogP contribution in [0, 0.1) is 17.2 Å². The maximum absolute atomic E-state index is 13.5. The number of likely N-dealkylation sites (tertiary alicyclic amines) is 1. The van der Waals surface area contributed by atoms with E-state index >= 15 is 0 Å². The summed E-state index contributed by atoms with van der Waals surface area (Å²) in [6.45, 7) is 4.05. The summed E-state index contributed by atoms with van der Waals surface area (Å²) in [5.41, 5.74) is 1.57. The summed E-state index contributed by atoms with van der Waals surface area (Å²) < 4.78 is 2.08. The van der Waals surface area contributed by atoms with Crippen LogP contribution in [0.2, 0.25) is 5.02 Å². The van der Waals surface area contributed by atoms with E-state index in [2.05, 4.69) is 20.1 Å². The second kappa shape index (κ2) is 11.7. The van der Waals surface area contributed by atoms with Crippen LogP contribution in [0.3, 0.4) is 0 Å². The first-order chi connectivity index (χ1) is 16.6. The molecule has 0 radical (unpaired) electrons. The van der Waals surface area contributed by atoms with Gasteiger partial charge < -0.3 is 20.1 Å². The molecule has 8 heteroatoms. The predicted molar refractivity (Wildman–Crippen MR) is 134 cm³/mol. The molecule has 1 aromatic carbocycles. The number of amides is 2. The minimum Gasteiger partial charge on any atom is -0.347 e. The Bertz CT molecular complexity index is 1050. The Morgan fingerprint density at radius 1 is 1.06 bits per heavy atom. The first-order valence-corrected chi connectivity index (χ1v) is 12.9. The summed E-state index contributed by atoms with van der Waals surface area (Å²) >= 11 is 6.30. The average molecular weight is 484 g/mol. The molecule has 2 amide bonds. The molecule has 0 spiro atoms. The van der Waals surface area contributed by atoms with Crippen LogP contribution in [0.1, 0.15) is 61.9 Å². The zero-order valence-electron chi connectivity index (χ0n) is 19.7. The molecule has 1 aliphatic heterocycles. The Kier molecular flexibility index (Phi) is 8.47. The molecule has 2 aromatic rings. The first kappa shape index (κ1) is 24.6. The number of nitriles is 1. The Hall–Kier alpha value is -2.56. The van der Waals surface area contributed by atoms with Gasteiger partial charge in [-0.05, 0) is 69.9 Å². The fourth-order valence-corrected chi connectivity index (χ4v) is 5.58. The molecule has 2 aliphatic rings. The molecular formula is C26H34ClN5O2. The van der Waals surface area contributed by atoms with Gasteiger partial charge in [-0.25, -0.2) is 0 Å². The van der Waals surface area contributed by atoms with E-state index in [0.29, 0.717) is 10.7 Å². The molecule has 1 aliphatic carbocycles. The van der Waals surface area contributed by atoms with Gasteiger partial charge in [0, 0.05) is 23.0 Å². The largest absolute Gasteiger partial charge is 0.347 e. The van der Waals surface area contributed by atoms with Gasteiger partial charge in [0.25, 0.3) is 5.91 Å². The fourth-order valence-electron chi connectivity index (χ4n) is 5.41. The van der Waals surface area contributed by atoms with Gasteiger partial charge in [-0.2, -0.15) is 5.26 Å². The zero-order chi connectivity index (χ0) is 23.9. The molecule has 4 rings (SSSR count). The lowest BCUT2D eigenvalue weighted by atomic mass is 9.83. The highest BCUT2D eigenvalue weighted by Crippen LogP contribution is 2.27. The van der Waals surface area contributed by atoms with Gasteiger partial charge >= 0.3 is 0 Å². The number of nitrogens with one attached hydrogen (secondary N) is 2. The monoisotopic (exact) mass is 483 g/mol.